The van der Waals surface area contributed by atoms with Crippen LogP contribution < -0.4 is 9.47 Å². The zero-order valence-corrected chi connectivity index (χ0v) is 20.2. The van der Waals surface area contributed by atoms with Crippen molar-refractivity contribution in [1.29, 1.82) is 0 Å². The number of pyridine rings is 1. The lowest BCUT2D eigenvalue weighted by Gasteiger charge is -2.32. The summed E-state index contributed by atoms with van der Waals surface area (Å²) in [6, 6.07) is 8.92. The number of rotatable bonds is 7. The molecular weight excluding hydrogens is 475 g/mol. The number of likely N-dealkylation sites (tertiary alicyclic amines) is 1. The molecule has 0 atom stereocenters. The number of ether oxygens (including phenoxy) is 2. The number of hydrogen-bond acceptors (Lipinski definition) is 8. The Bertz CT molecular complexity index is 1310. The first-order chi connectivity index (χ1) is 16.7. The highest BCUT2D eigenvalue weighted by molar-refractivity contribution is 7.90. The number of nitrogens with zero attached hydrogens (tertiary/aromatic N) is 4. The standard InChI is InChI=1S/C24H25FN4O5S/c1-16-23(27-15-28-24(16)34-21-7-6-19(14-20(21)25)35(2,31)32)33-18-8-11-29(12-9-18)22(30)13-17-5-3-4-10-26-17/h3-7,10,14-15,18H,8-9,11-13H2,1-2H3. The van der Waals surface area contributed by atoms with E-state index in [1.54, 1.807) is 18.0 Å². The van der Waals surface area contributed by atoms with E-state index in [-0.39, 0.29) is 35.0 Å². The van der Waals surface area contributed by atoms with Crippen LogP contribution in [0, 0.1) is 12.7 Å². The predicted octanol–water partition coefficient (Wildman–Crippen LogP) is 3.13. The van der Waals surface area contributed by atoms with Gasteiger partial charge in [0, 0.05) is 44.1 Å². The highest BCUT2D eigenvalue weighted by Gasteiger charge is 2.25. The van der Waals surface area contributed by atoms with Crippen LogP contribution in [0.15, 0.2) is 53.8 Å². The number of amides is 1. The molecule has 0 radical (unpaired) electrons. The van der Waals surface area contributed by atoms with Crippen LogP contribution in [0.25, 0.3) is 0 Å². The summed E-state index contributed by atoms with van der Waals surface area (Å²) >= 11 is 0. The Morgan fingerprint density at radius 3 is 2.51 bits per heavy atom. The summed E-state index contributed by atoms with van der Waals surface area (Å²) in [6.45, 7) is 2.81. The fraction of sp³-hybridized carbons (Fsp3) is 0.333. The van der Waals surface area contributed by atoms with Crippen molar-refractivity contribution >= 4 is 15.7 Å². The van der Waals surface area contributed by atoms with Gasteiger partial charge in [-0.3, -0.25) is 9.78 Å². The minimum absolute atomic E-state index is 0.0278. The molecule has 2 aromatic heterocycles. The minimum atomic E-state index is -3.54. The molecule has 4 rings (SSSR count). The van der Waals surface area contributed by atoms with Gasteiger partial charge in [-0.05, 0) is 37.3 Å². The van der Waals surface area contributed by atoms with Gasteiger partial charge in [-0.15, -0.1) is 0 Å². The van der Waals surface area contributed by atoms with Crippen molar-refractivity contribution < 1.29 is 27.1 Å². The van der Waals surface area contributed by atoms with Gasteiger partial charge in [0.25, 0.3) is 0 Å². The van der Waals surface area contributed by atoms with Crippen LogP contribution in [0.3, 0.4) is 0 Å². The SMILES string of the molecule is Cc1c(Oc2ccc(S(C)(=O)=O)cc2F)ncnc1OC1CCN(C(=O)Cc2ccccn2)CC1. The van der Waals surface area contributed by atoms with Crippen LogP contribution >= 0.6 is 0 Å². The maximum atomic E-state index is 14.4. The zero-order chi connectivity index (χ0) is 25.0. The predicted molar refractivity (Wildman–Crippen MR) is 125 cm³/mol. The third kappa shape index (κ3) is 6.10. The smallest absolute Gasteiger partial charge is 0.229 e. The minimum Gasteiger partial charge on any atom is -0.474 e. The van der Waals surface area contributed by atoms with Crippen LogP contribution in [0.1, 0.15) is 24.1 Å². The number of piperidine rings is 1. The molecule has 0 bridgehead atoms. The first-order valence-electron chi connectivity index (χ1n) is 11.0. The molecule has 1 aliphatic rings. The van der Waals surface area contributed by atoms with E-state index >= 15 is 0 Å². The van der Waals surface area contributed by atoms with Gasteiger partial charge in [0.2, 0.25) is 17.7 Å². The summed E-state index contributed by atoms with van der Waals surface area (Å²) < 4.78 is 49.3. The van der Waals surface area contributed by atoms with Crippen LogP contribution in [0.4, 0.5) is 4.39 Å². The van der Waals surface area contributed by atoms with Crippen molar-refractivity contribution in [2.45, 2.75) is 37.2 Å². The lowest BCUT2D eigenvalue weighted by molar-refractivity contribution is -0.132. The largest absolute Gasteiger partial charge is 0.474 e. The summed E-state index contributed by atoms with van der Waals surface area (Å²) in [5.74, 6) is -0.550. The number of benzene rings is 1. The number of sulfone groups is 1. The molecule has 0 N–H and O–H groups in total. The molecule has 0 spiro atoms. The molecule has 1 amide bonds. The summed E-state index contributed by atoms with van der Waals surface area (Å²) in [5, 5.41) is 0. The maximum Gasteiger partial charge on any atom is 0.229 e. The van der Waals surface area contributed by atoms with Crippen LogP contribution in [-0.4, -0.2) is 59.6 Å². The van der Waals surface area contributed by atoms with E-state index < -0.39 is 15.7 Å². The second-order valence-corrected chi connectivity index (χ2v) is 10.3. The van der Waals surface area contributed by atoms with Gasteiger partial charge in [-0.25, -0.2) is 22.8 Å². The molecule has 35 heavy (non-hydrogen) atoms. The van der Waals surface area contributed by atoms with Gasteiger partial charge < -0.3 is 14.4 Å². The summed E-state index contributed by atoms with van der Waals surface area (Å²) in [7, 11) is -3.54. The first kappa shape index (κ1) is 24.5. The van der Waals surface area contributed by atoms with Gasteiger partial charge in [-0.1, -0.05) is 6.07 Å². The van der Waals surface area contributed by atoms with E-state index in [0.29, 0.717) is 37.4 Å². The lowest BCUT2D eigenvalue weighted by Crippen LogP contribution is -2.42. The van der Waals surface area contributed by atoms with E-state index in [0.717, 1.165) is 18.0 Å². The topological polar surface area (TPSA) is 112 Å². The van der Waals surface area contributed by atoms with E-state index in [2.05, 4.69) is 15.0 Å². The Labute approximate surface area is 202 Å². The number of hydrogen-bond donors (Lipinski definition) is 0. The highest BCUT2D eigenvalue weighted by Crippen LogP contribution is 2.31. The maximum absolute atomic E-state index is 14.4. The molecular formula is C24H25FN4O5S. The Morgan fingerprint density at radius 1 is 1.11 bits per heavy atom. The number of halogens is 1. The van der Waals surface area contributed by atoms with Crippen molar-refractivity contribution in [3.8, 4) is 17.5 Å². The molecule has 1 aliphatic heterocycles. The average Bonchev–Trinajstić information content (AvgIpc) is 2.83. The molecule has 11 heteroatoms. The molecule has 1 fully saturated rings. The van der Waals surface area contributed by atoms with Gasteiger partial charge >= 0.3 is 0 Å². The van der Waals surface area contributed by atoms with Crippen LogP contribution in [0.5, 0.6) is 17.5 Å². The molecule has 0 aliphatic carbocycles. The van der Waals surface area contributed by atoms with Crippen molar-refractivity contribution in [3.05, 3.63) is 66.0 Å². The van der Waals surface area contributed by atoms with E-state index in [4.69, 9.17) is 9.47 Å². The third-order valence-electron chi connectivity index (χ3n) is 5.66. The quantitative estimate of drug-likeness (QED) is 0.487. The molecule has 1 aromatic carbocycles. The number of aromatic nitrogens is 3. The third-order valence-corrected chi connectivity index (χ3v) is 6.77. The molecule has 0 saturated carbocycles. The Balaban J connectivity index is 1.37. The van der Waals surface area contributed by atoms with Crippen LogP contribution in [0.2, 0.25) is 0 Å². The highest BCUT2D eigenvalue weighted by atomic mass is 32.2. The van der Waals surface area contributed by atoms with E-state index in [1.807, 2.05) is 18.2 Å². The van der Waals surface area contributed by atoms with Gasteiger partial charge in [0.1, 0.15) is 12.4 Å². The van der Waals surface area contributed by atoms with Gasteiger partial charge in [0.15, 0.2) is 21.4 Å². The fourth-order valence-corrected chi connectivity index (χ4v) is 4.32. The molecule has 0 unspecified atom stereocenters. The fourth-order valence-electron chi connectivity index (χ4n) is 3.69. The molecule has 184 valence electrons. The van der Waals surface area contributed by atoms with Gasteiger partial charge in [0.05, 0.1) is 16.9 Å². The Kier molecular flexibility index (Phi) is 7.25. The van der Waals surface area contributed by atoms with Crippen molar-refractivity contribution in [3.63, 3.8) is 0 Å². The normalized spacial score (nSPS) is 14.5. The van der Waals surface area contributed by atoms with E-state index in [9.17, 15) is 17.6 Å². The number of carbonyl (C=O) groups is 1. The second-order valence-electron chi connectivity index (χ2n) is 8.27. The number of carbonyl (C=O) groups excluding carboxylic acids is 1. The summed E-state index contributed by atoms with van der Waals surface area (Å²) in [5.41, 5.74) is 1.22. The van der Waals surface area contributed by atoms with Crippen molar-refractivity contribution in [2.75, 3.05) is 19.3 Å². The molecule has 1 saturated heterocycles. The zero-order valence-electron chi connectivity index (χ0n) is 19.3. The van der Waals surface area contributed by atoms with Crippen LogP contribution in [-0.2, 0) is 21.1 Å². The van der Waals surface area contributed by atoms with Gasteiger partial charge in [-0.2, -0.15) is 0 Å². The lowest BCUT2D eigenvalue weighted by atomic mass is 10.1. The van der Waals surface area contributed by atoms with Crippen molar-refractivity contribution in [1.82, 2.24) is 19.9 Å². The Morgan fingerprint density at radius 2 is 1.86 bits per heavy atom. The molecule has 9 nitrogen and oxygen atoms in total. The molecule has 3 heterocycles. The monoisotopic (exact) mass is 500 g/mol. The second kappa shape index (κ2) is 10.3. The average molecular weight is 501 g/mol. The Hall–Kier alpha value is -3.60. The van der Waals surface area contributed by atoms with Crippen molar-refractivity contribution in [2.24, 2.45) is 0 Å². The summed E-state index contributed by atoms with van der Waals surface area (Å²) in [4.78, 5) is 26.7. The molecule has 3 aromatic rings. The summed E-state index contributed by atoms with van der Waals surface area (Å²) in [6.07, 6.45) is 5.31. The van der Waals surface area contributed by atoms with E-state index in [1.165, 1.54) is 18.5 Å². The first-order valence-corrected chi connectivity index (χ1v) is 12.9.